The van der Waals surface area contributed by atoms with Crippen molar-refractivity contribution in [2.45, 2.75) is 46.6 Å². The summed E-state index contributed by atoms with van der Waals surface area (Å²) in [6, 6.07) is 5.41. The van der Waals surface area contributed by atoms with Gasteiger partial charge in [0.25, 0.3) is 0 Å². The molecule has 0 aliphatic carbocycles. The fourth-order valence-corrected chi connectivity index (χ4v) is 2.96. The summed E-state index contributed by atoms with van der Waals surface area (Å²) in [6.45, 7) is 13.7. The fraction of sp³-hybridized carbons (Fsp3) is 0.647. The first kappa shape index (κ1) is 14.5. The predicted octanol–water partition coefficient (Wildman–Crippen LogP) is 2.84. The van der Waals surface area contributed by atoms with E-state index in [1.165, 1.54) is 48.2 Å². The highest BCUT2D eigenvalue weighted by Gasteiger charge is 2.16. The van der Waals surface area contributed by atoms with Crippen LogP contribution < -0.4 is 5.32 Å². The van der Waals surface area contributed by atoms with E-state index in [0.717, 1.165) is 13.1 Å². The Balaban J connectivity index is 1.92. The van der Waals surface area contributed by atoms with Crippen molar-refractivity contribution in [3.8, 4) is 0 Å². The molecule has 0 radical (unpaired) electrons. The zero-order chi connectivity index (χ0) is 13.8. The van der Waals surface area contributed by atoms with E-state index in [0.29, 0.717) is 6.04 Å². The summed E-state index contributed by atoms with van der Waals surface area (Å²) in [5, 5.41) is 3.42. The van der Waals surface area contributed by atoms with Crippen molar-refractivity contribution in [2.75, 3.05) is 26.2 Å². The number of hydrogen-bond acceptors (Lipinski definition) is 2. The maximum Gasteiger partial charge on any atom is 0.0110 e. The van der Waals surface area contributed by atoms with Gasteiger partial charge in [0.05, 0.1) is 0 Å². The Morgan fingerprint density at radius 1 is 1.05 bits per heavy atom. The molecule has 0 aromatic heterocycles. The standard InChI is InChI=1S/C17H28N2/c1-13-11-15(3)17(12-14(13)2)6-5-16(4)19-9-7-18-8-10-19/h11-12,16,18H,5-10H2,1-4H3. The monoisotopic (exact) mass is 260 g/mol. The minimum Gasteiger partial charge on any atom is -0.314 e. The zero-order valence-corrected chi connectivity index (χ0v) is 12.9. The van der Waals surface area contributed by atoms with Crippen LogP contribution in [0.2, 0.25) is 0 Å². The van der Waals surface area contributed by atoms with E-state index in [-0.39, 0.29) is 0 Å². The summed E-state index contributed by atoms with van der Waals surface area (Å²) in [5.41, 5.74) is 5.83. The van der Waals surface area contributed by atoms with Crippen molar-refractivity contribution < 1.29 is 0 Å². The minimum atomic E-state index is 0.697. The maximum absolute atomic E-state index is 3.42. The predicted molar refractivity (Wildman–Crippen MR) is 82.9 cm³/mol. The first-order valence-electron chi connectivity index (χ1n) is 7.59. The van der Waals surface area contributed by atoms with Crippen molar-refractivity contribution in [1.29, 1.82) is 0 Å². The number of benzene rings is 1. The lowest BCUT2D eigenvalue weighted by molar-refractivity contribution is 0.177. The van der Waals surface area contributed by atoms with Crippen molar-refractivity contribution in [3.63, 3.8) is 0 Å². The molecule has 106 valence electrons. The van der Waals surface area contributed by atoms with E-state index in [9.17, 15) is 0 Å². The summed E-state index contributed by atoms with van der Waals surface area (Å²) in [5.74, 6) is 0. The highest BCUT2D eigenvalue weighted by Crippen LogP contribution is 2.18. The second-order valence-electron chi connectivity index (χ2n) is 6.04. The minimum absolute atomic E-state index is 0.697. The highest BCUT2D eigenvalue weighted by molar-refractivity contribution is 5.36. The zero-order valence-electron chi connectivity index (χ0n) is 12.9. The molecule has 2 nitrogen and oxygen atoms in total. The molecule has 1 N–H and O–H groups in total. The average molecular weight is 260 g/mol. The average Bonchev–Trinajstić information content (AvgIpc) is 2.42. The number of aryl methyl sites for hydroxylation is 4. The van der Waals surface area contributed by atoms with Crippen LogP contribution in [-0.4, -0.2) is 37.1 Å². The molecule has 2 heteroatoms. The normalized spacial score (nSPS) is 18.5. The molecule has 2 rings (SSSR count). The second-order valence-corrected chi connectivity index (χ2v) is 6.04. The summed E-state index contributed by atoms with van der Waals surface area (Å²) in [7, 11) is 0. The summed E-state index contributed by atoms with van der Waals surface area (Å²) >= 11 is 0. The van der Waals surface area contributed by atoms with Crippen LogP contribution in [0.1, 0.15) is 35.6 Å². The van der Waals surface area contributed by atoms with Gasteiger partial charge in [0.1, 0.15) is 0 Å². The molecule has 1 aromatic carbocycles. The second kappa shape index (κ2) is 6.53. The molecule has 0 bridgehead atoms. The number of piperazine rings is 1. The van der Waals surface area contributed by atoms with Gasteiger partial charge in [-0.1, -0.05) is 12.1 Å². The molecule has 1 aliphatic rings. The first-order valence-corrected chi connectivity index (χ1v) is 7.59. The van der Waals surface area contributed by atoms with E-state index in [1.807, 2.05) is 0 Å². The lowest BCUT2D eigenvalue weighted by Crippen LogP contribution is -2.47. The SMILES string of the molecule is Cc1cc(C)c(CCC(C)N2CCNCC2)cc1C. The Hall–Kier alpha value is -0.860. The van der Waals surface area contributed by atoms with Crippen molar-refractivity contribution in [2.24, 2.45) is 0 Å². The van der Waals surface area contributed by atoms with Gasteiger partial charge in [-0.3, -0.25) is 4.90 Å². The van der Waals surface area contributed by atoms with Crippen LogP contribution in [-0.2, 0) is 6.42 Å². The lowest BCUT2D eigenvalue weighted by atomic mass is 9.96. The number of rotatable bonds is 4. The highest BCUT2D eigenvalue weighted by atomic mass is 15.2. The molecule has 1 atom stereocenters. The van der Waals surface area contributed by atoms with Gasteiger partial charge in [0, 0.05) is 32.2 Å². The number of hydrogen-bond donors (Lipinski definition) is 1. The molecular formula is C17H28N2. The van der Waals surface area contributed by atoms with Crippen molar-refractivity contribution in [1.82, 2.24) is 10.2 Å². The van der Waals surface area contributed by atoms with Crippen LogP contribution >= 0.6 is 0 Å². The Morgan fingerprint density at radius 3 is 2.37 bits per heavy atom. The number of nitrogens with zero attached hydrogens (tertiary/aromatic N) is 1. The van der Waals surface area contributed by atoms with E-state index < -0.39 is 0 Å². The summed E-state index contributed by atoms with van der Waals surface area (Å²) in [6.07, 6.45) is 2.47. The third-order valence-electron chi connectivity index (χ3n) is 4.56. The Labute approximate surface area is 118 Å². The van der Waals surface area contributed by atoms with Gasteiger partial charge < -0.3 is 5.32 Å². The molecular weight excluding hydrogens is 232 g/mol. The van der Waals surface area contributed by atoms with Gasteiger partial charge in [-0.2, -0.15) is 0 Å². The summed E-state index contributed by atoms with van der Waals surface area (Å²) in [4.78, 5) is 2.62. The maximum atomic E-state index is 3.42. The Morgan fingerprint density at radius 2 is 1.68 bits per heavy atom. The number of nitrogens with one attached hydrogen (secondary N) is 1. The van der Waals surface area contributed by atoms with Crippen LogP contribution in [0.15, 0.2) is 12.1 Å². The topological polar surface area (TPSA) is 15.3 Å². The molecule has 0 saturated carbocycles. The molecule has 1 unspecified atom stereocenters. The van der Waals surface area contributed by atoms with E-state index in [1.54, 1.807) is 0 Å². The smallest absolute Gasteiger partial charge is 0.0110 e. The van der Waals surface area contributed by atoms with E-state index in [2.05, 4.69) is 50.0 Å². The molecule has 1 heterocycles. The van der Waals surface area contributed by atoms with Gasteiger partial charge in [-0.25, -0.2) is 0 Å². The largest absolute Gasteiger partial charge is 0.314 e. The van der Waals surface area contributed by atoms with Gasteiger partial charge >= 0.3 is 0 Å². The van der Waals surface area contributed by atoms with Gasteiger partial charge in [-0.05, 0) is 62.8 Å². The molecule has 0 amide bonds. The van der Waals surface area contributed by atoms with Crippen molar-refractivity contribution in [3.05, 3.63) is 34.4 Å². The van der Waals surface area contributed by atoms with E-state index in [4.69, 9.17) is 0 Å². The van der Waals surface area contributed by atoms with Crippen LogP contribution in [0.5, 0.6) is 0 Å². The molecule has 1 saturated heterocycles. The third-order valence-corrected chi connectivity index (χ3v) is 4.56. The van der Waals surface area contributed by atoms with Crippen LogP contribution in [0.25, 0.3) is 0 Å². The lowest BCUT2D eigenvalue weighted by Gasteiger charge is -2.33. The Kier molecular flexibility index (Phi) is 5.00. The summed E-state index contributed by atoms with van der Waals surface area (Å²) < 4.78 is 0. The van der Waals surface area contributed by atoms with Crippen LogP contribution in [0, 0.1) is 20.8 Å². The van der Waals surface area contributed by atoms with Gasteiger partial charge in [-0.15, -0.1) is 0 Å². The molecule has 0 spiro atoms. The van der Waals surface area contributed by atoms with Crippen molar-refractivity contribution >= 4 is 0 Å². The van der Waals surface area contributed by atoms with Gasteiger partial charge in [0.15, 0.2) is 0 Å². The van der Waals surface area contributed by atoms with E-state index >= 15 is 0 Å². The van der Waals surface area contributed by atoms with Crippen LogP contribution in [0.4, 0.5) is 0 Å². The van der Waals surface area contributed by atoms with Gasteiger partial charge in [0.2, 0.25) is 0 Å². The first-order chi connectivity index (χ1) is 9.08. The van der Waals surface area contributed by atoms with Crippen LogP contribution in [0.3, 0.4) is 0 Å². The molecule has 1 aromatic rings. The quantitative estimate of drug-likeness (QED) is 0.895. The Bertz CT molecular complexity index is 420. The molecule has 1 fully saturated rings. The molecule has 1 aliphatic heterocycles. The third kappa shape index (κ3) is 3.80. The fourth-order valence-electron chi connectivity index (χ4n) is 2.96. The molecule has 19 heavy (non-hydrogen) atoms.